The maximum Gasteiger partial charge on any atom is 0.120 e. The summed E-state index contributed by atoms with van der Waals surface area (Å²) in [4.78, 5) is 0. The molecule has 0 amide bonds. The molecule has 0 saturated carbocycles. The monoisotopic (exact) mass is 183 g/mol. The Morgan fingerprint density at radius 3 is 3.08 bits per heavy atom. The molecule has 2 heteroatoms. The van der Waals surface area contributed by atoms with Crippen molar-refractivity contribution in [3.63, 3.8) is 0 Å². The van der Waals surface area contributed by atoms with Crippen LogP contribution in [0, 0.1) is 6.07 Å². The van der Waals surface area contributed by atoms with Crippen LogP contribution in [-0.4, -0.2) is 6.61 Å². The van der Waals surface area contributed by atoms with E-state index in [0.29, 0.717) is 5.02 Å². The first-order valence-electron chi connectivity index (χ1n) is 4.13. The van der Waals surface area contributed by atoms with Crippen molar-refractivity contribution in [3.05, 3.63) is 29.3 Å². The summed E-state index contributed by atoms with van der Waals surface area (Å²) in [6.07, 6.45) is 2.23. The van der Waals surface area contributed by atoms with E-state index in [0.717, 1.165) is 25.2 Å². The molecule has 0 aromatic heterocycles. The van der Waals surface area contributed by atoms with E-state index in [1.165, 1.54) is 0 Å². The third-order valence-corrected chi connectivity index (χ3v) is 1.72. The van der Waals surface area contributed by atoms with Gasteiger partial charge < -0.3 is 4.74 Å². The molecule has 0 heterocycles. The van der Waals surface area contributed by atoms with E-state index < -0.39 is 0 Å². The van der Waals surface area contributed by atoms with Crippen molar-refractivity contribution in [2.75, 3.05) is 6.61 Å². The van der Waals surface area contributed by atoms with Crippen LogP contribution in [0.3, 0.4) is 0 Å². The smallest absolute Gasteiger partial charge is 0.120 e. The number of rotatable bonds is 4. The van der Waals surface area contributed by atoms with E-state index in [2.05, 4.69) is 13.0 Å². The molecule has 65 valence electrons. The van der Waals surface area contributed by atoms with Crippen molar-refractivity contribution in [1.29, 1.82) is 0 Å². The van der Waals surface area contributed by atoms with Crippen molar-refractivity contribution in [3.8, 4) is 5.75 Å². The highest BCUT2D eigenvalue weighted by Crippen LogP contribution is 2.16. The van der Waals surface area contributed by atoms with E-state index >= 15 is 0 Å². The lowest BCUT2D eigenvalue weighted by molar-refractivity contribution is 0.309. The van der Waals surface area contributed by atoms with Gasteiger partial charge in [0.05, 0.1) is 11.6 Å². The maximum atomic E-state index is 5.72. The summed E-state index contributed by atoms with van der Waals surface area (Å²) in [7, 11) is 0. The molecule has 0 aliphatic carbocycles. The van der Waals surface area contributed by atoms with Crippen LogP contribution in [-0.2, 0) is 0 Å². The normalized spacial score (nSPS) is 9.83. The van der Waals surface area contributed by atoms with Gasteiger partial charge in [0.1, 0.15) is 5.75 Å². The molecule has 1 nitrogen and oxygen atoms in total. The Labute approximate surface area is 78.3 Å². The van der Waals surface area contributed by atoms with Gasteiger partial charge >= 0.3 is 0 Å². The van der Waals surface area contributed by atoms with Gasteiger partial charge in [0.2, 0.25) is 0 Å². The Balaban J connectivity index is 2.41. The minimum absolute atomic E-state index is 0.601. The molecule has 0 N–H and O–H groups in total. The van der Waals surface area contributed by atoms with Crippen molar-refractivity contribution in [2.24, 2.45) is 0 Å². The minimum atomic E-state index is 0.601. The first-order chi connectivity index (χ1) is 5.83. The second-order valence-electron chi connectivity index (χ2n) is 2.57. The second-order valence-corrected chi connectivity index (χ2v) is 2.98. The average molecular weight is 184 g/mol. The predicted octanol–water partition coefficient (Wildman–Crippen LogP) is 3.32. The molecule has 1 radical (unpaired) electrons. The van der Waals surface area contributed by atoms with Gasteiger partial charge in [-0.15, -0.1) is 0 Å². The number of halogens is 1. The van der Waals surface area contributed by atoms with Gasteiger partial charge in [0.25, 0.3) is 0 Å². The molecule has 0 bridgehead atoms. The van der Waals surface area contributed by atoms with E-state index in [-0.39, 0.29) is 0 Å². The largest absolute Gasteiger partial charge is 0.494 e. The highest BCUT2D eigenvalue weighted by Gasteiger charge is 1.93. The Hall–Kier alpha value is -0.690. The number of benzene rings is 1. The topological polar surface area (TPSA) is 9.23 Å². The number of unbranched alkanes of at least 4 members (excludes halogenated alkanes) is 1. The lowest BCUT2D eigenvalue weighted by Gasteiger charge is -2.04. The summed E-state index contributed by atoms with van der Waals surface area (Å²) < 4.78 is 5.42. The van der Waals surface area contributed by atoms with Crippen LogP contribution in [0.2, 0.25) is 5.02 Å². The molecule has 0 aliphatic heterocycles. The molecule has 0 saturated heterocycles. The SMILES string of the molecule is CCCCOc1cc[c]c(Cl)c1. The average Bonchev–Trinajstić information content (AvgIpc) is 2.05. The fourth-order valence-electron chi connectivity index (χ4n) is 0.842. The van der Waals surface area contributed by atoms with Crippen molar-refractivity contribution in [2.45, 2.75) is 19.8 Å². The number of hydrogen-bond acceptors (Lipinski definition) is 1. The van der Waals surface area contributed by atoms with Crippen molar-refractivity contribution >= 4 is 11.6 Å². The predicted molar refractivity (Wildman–Crippen MR) is 50.7 cm³/mol. The molecule has 12 heavy (non-hydrogen) atoms. The Morgan fingerprint density at radius 1 is 1.58 bits per heavy atom. The van der Waals surface area contributed by atoms with Crippen LogP contribution in [0.4, 0.5) is 0 Å². The Bertz CT molecular complexity index is 235. The van der Waals surface area contributed by atoms with Crippen LogP contribution >= 0.6 is 11.6 Å². The molecule has 1 aromatic carbocycles. The number of hydrogen-bond donors (Lipinski definition) is 0. The second kappa shape index (κ2) is 5.04. The zero-order chi connectivity index (χ0) is 8.81. The van der Waals surface area contributed by atoms with Gasteiger partial charge in [-0.2, -0.15) is 0 Å². The third kappa shape index (κ3) is 3.14. The molecule has 0 fully saturated rings. The van der Waals surface area contributed by atoms with Crippen molar-refractivity contribution < 1.29 is 4.74 Å². The van der Waals surface area contributed by atoms with Crippen LogP contribution in [0.15, 0.2) is 18.2 Å². The summed E-state index contributed by atoms with van der Waals surface area (Å²) in [6, 6.07) is 8.25. The fourth-order valence-corrected chi connectivity index (χ4v) is 1.01. The first kappa shape index (κ1) is 9.40. The fraction of sp³-hybridized carbons (Fsp3) is 0.400. The molecule has 0 unspecified atom stereocenters. The summed E-state index contributed by atoms with van der Waals surface area (Å²) in [5.74, 6) is 0.826. The minimum Gasteiger partial charge on any atom is -0.494 e. The molecule has 0 atom stereocenters. The molecular formula is C10H12ClO. The lowest BCUT2D eigenvalue weighted by Crippen LogP contribution is -1.95. The Kier molecular flexibility index (Phi) is 3.95. The molecule has 0 spiro atoms. The van der Waals surface area contributed by atoms with Crippen LogP contribution < -0.4 is 4.74 Å². The van der Waals surface area contributed by atoms with Gasteiger partial charge in [0.15, 0.2) is 0 Å². The molecule has 1 rings (SSSR count). The molecular weight excluding hydrogens is 172 g/mol. The van der Waals surface area contributed by atoms with Crippen LogP contribution in [0.1, 0.15) is 19.8 Å². The molecule has 1 aromatic rings. The lowest BCUT2D eigenvalue weighted by atomic mass is 10.3. The zero-order valence-electron chi connectivity index (χ0n) is 7.14. The molecule has 0 aliphatic rings. The summed E-state index contributed by atoms with van der Waals surface area (Å²) >= 11 is 5.72. The summed E-state index contributed by atoms with van der Waals surface area (Å²) in [6.45, 7) is 2.89. The maximum absolute atomic E-state index is 5.72. The summed E-state index contributed by atoms with van der Waals surface area (Å²) in [5.41, 5.74) is 0. The number of ether oxygens (including phenoxy) is 1. The van der Waals surface area contributed by atoms with Crippen LogP contribution in [0.25, 0.3) is 0 Å². The van der Waals surface area contributed by atoms with E-state index in [1.54, 1.807) is 12.1 Å². The Morgan fingerprint density at radius 2 is 2.42 bits per heavy atom. The van der Waals surface area contributed by atoms with E-state index in [9.17, 15) is 0 Å². The van der Waals surface area contributed by atoms with Crippen molar-refractivity contribution in [1.82, 2.24) is 0 Å². The van der Waals surface area contributed by atoms with Gasteiger partial charge in [-0.25, -0.2) is 0 Å². The third-order valence-electron chi connectivity index (χ3n) is 1.50. The standard InChI is InChI=1S/C10H12ClO/c1-2-3-7-12-10-6-4-5-9(11)8-10/h4,6,8H,2-3,7H2,1H3. The summed E-state index contributed by atoms with van der Waals surface area (Å²) in [5, 5.41) is 0.601. The van der Waals surface area contributed by atoms with E-state index in [4.69, 9.17) is 16.3 Å². The van der Waals surface area contributed by atoms with Gasteiger partial charge in [-0.3, -0.25) is 0 Å². The first-order valence-corrected chi connectivity index (χ1v) is 4.50. The van der Waals surface area contributed by atoms with E-state index in [1.807, 2.05) is 6.07 Å². The van der Waals surface area contributed by atoms with Crippen LogP contribution in [0.5, 0.6) is 5.75 Å². The highest BCUT2D eigenvalue weighted by atomic mass is 35.5. The van der Waals surface area contributed by atoms with Gasteiger partial charge in [-0.05, 0) is 24.6 Å². The zero-order valence-corrected chi connectivity index (χ0v) is 7.90. The van der Waals surface area contributed by atoms with Gasteiger partial charge in [-0.1, -0.05) is 24.9 Å². The quantitative estimate of drug-likeness (QED) is 0.651. The van der Waals surface area contributed by atoms with Gasteiger partial charge in [0, 0.05) is 6.07 Å². The highest BCUT2D eigenvalue weighted by molar-refractivity contribution is 6.30.